The molecule has 5 nitrogen and oxygen atoms in total. The van der Waals surface area contributed by atoms with Gasteiger partial charge in [-0.25, -0.2) is 15.0 Å². The van der Waals surface area contributed by atoms with Crippen molar-refractivity contribution >= 4 is 81.9 Å². The molecule has 0 saturated carbocycles. The predicted molar refractivity (Wildman–Crippen MR) is 308 cm³/mol. The molecular formula is C67H47N5S. The van der Waals surface area contributed by atoms with Crippen molar-refractivity contribution in [2.45, 2.75) is 26.2 Å². The van der Waals surface area contributed by atoms with Gasteiger partial charge in [0.15, 0.2) is 17.5 Å². The lowest BCUT2D eigenvalue weighted by molar-refractivity contribution is 0.671. The summed E-state index contributed by atoms with van der Waals surface area (Å²) in [5, 5.41) is 6.06. The molecule has 73 heavy (non-hydrogen) atoms. The van der Waals surface area contributed by atoms with Gasteiger partial charge in [0.25, 0.3) is 0 Å². The molecule has 0 unspecified atom stereocenters. The van der Waals surface area contributed by atoms with Gasteiger partial charge in [0.1, 0.15) is 0 Å². The Morgan fingerprint density at radius 3 is 1.66 bits per heavy atom. The van der Waals surface area contributed by atoms with E-state index in [-0.39, 0.29) is 5.41 Å². The first-order chi connectivity index (χ1) is 35.8. The number of para-hydroxylation sites is 2. The van der Waals surface area contributed by atoms with Crippen LogP contribution in [-0.4, -0.2) is 24.1 Å². The topological polar surface area (TPSA) is 48.5 Å². The number of nitrogens with zero attached hydrogens (tertiary/aromatic N) is 5. The number of hydrogen-bond acceptors (Lipinski definition) is 4. The Kier molecular flexibility index (Phi) is 9.89. The van der Waals surface area contributed by atoms with E-state index in [0.29, 0.717) is 17.5 Å². The molecule has 1 aliphatic carbocycles. The number of benzene rings is 9. The molecule has 9 aromatic carbocycles. The molecule has 6 heteroatoms. The zero-order valence-corrected chi connectivity index (χ0v) is 41.4. The summed E-state index contributed by atoms with van der Waals surface area (Å²) in [4.78, 5) is 15.2. The van der Waals surface area contributed by atoms with Gasteiger partial charge in [-0.1, -0.05) is 153 Å². The monoisotopic (exact) mass is 953 g/mol. The van der Waals surface area contributed by atoms with Gasteiger partial charge >= 0.3 is 0 Å². The van der Waals surface area contributed by atoms with Crippen molar-refractivity contribution in [2.24, 2.45) is 0 Å². The minimum absolute atomic E-state index is 0.228. The van der Waals surface area contributed by atoms with Gasteiger partial charge in [0.2, 0.25) is 0 Å². The van der Waals surface area contributed by atoms with E-state index in [9.17, 15) is 0 Å². The first-order valence-corrected chi connectivity index (χ1v) is 25.7. The van der Waals surface area contributed by atoms with Crippen molar-refractivity contribution in [3.63, 3.8) is 0 Å². The highest BCUT2D eigenvalue weighted by Crippen LogP contribution is 2.44. The van der Waals surface area contributed by atoms with E-state index in [1.165, 1.54) is 80.8 Å². The second-order valence-corrected chi connectivity index (χ2v) is 20.8. The van der Waals surface area contributed by atoms with Crippen LogP contribution in [0, 0.1) is 0 Å². The molecule has 0 radical (unpaired) electrons. The zero-order chi connectivity index (χ0) is 48.8. The van der Waals surface area contributed by atoms with Gasteiger partial charge in [-0.3, -0.25) is 0 Å². The van der Waals surface area contributed by atoms with Gasteiger partial charge < -0.3 is 9.13 Å². The Hall–Kier alpha value is -8.97. The summed E-state index contributed by atoms with van der Waals surface area (Å²) in [6, 6.07) is 76.3. The van der Waals surface area contributed by atoms with Crippen LogP contribution in [0.15, 0.2) is 218 Å². The second-order valence-electron chi connectivity index (χ2n) is 19.7. The fraction of sp³-hybridized carbons (Fsp3) is 0.0597. The van der Waals surface area contributed by atoms with E-state index in [1.807, 2.05) is 47.7 Å². The highest BCUT2D eigenvalue weighted by Gasteiger charge is 2.26. The predicted octanol–water partition coefficient (Wildman–Crippen LogP) is 17.8. The molecule has 1 aliphatic rings. The minimum atomic E-state index is -0.228. The molecule has 0 aliphatic heterocycles. The maximum absolute atomic E-state index is 5.10. The summed E-state index contributed by atoms with van der Waals surface area (Å²) in [5.74, 6) is 1.94. The Labute approximate surface area is 427 Å². The SMILES string of the molecule is C/C1=C\c2c(n(-c3ccc4sc5ccc(-c6nc(-c7ccccc7)nc(-c7ccccc7)n6)cc5c4c3)c3ccc(-c4ccc5c(c4)c4ccccc4n5-c4ccccc4)cc23)/C=C/C(C)(C)c2ccccc21. The maximum Gasteiger partial charge on any atom is 0.164 e. The van der Waals surface area contributed by atoms with E-state index in [1.54, 1.807) is 0 Å². The van der Waals surface area contributed by atoms with Crippen molar-refractivity contribution in [1.29, 1.82) is 0 Å². The Morgan fingerprint density at radius 1 is 0.411 bits per heavy atom. The summed E-state index contributed by atoms with van der Waals surface area (Å²) in [6.45, 7) is 6.93. The Morgan fingerprint density at radius 2 is 0.945 bits per heavy atom. The molecule has 0 fully saturated rings. The largest absolute Gasteiger partial charge is 0.309 e. The number of fused-ring (bicyclic) bond motifs is 10. The first-order valence-electron chi connectivity index (χ1n) is 24.9. The lowest BCUT2D eigenvalue weighted by Crippen LogP contribution is -2.15. The summed E-state index contributed by atoms with van der Waals surface area (Å²) in [7, 11) is 0. The number of thiophene rings is 1. The average Bonchev–Trinajstić information content (AvgIpc) is 4.10. The maximum atomic E-state index is 5.10. The summed E-state index contributed by atoms with van der Waals surface area (Å²) in [6.07, 6.45) is 7.19. The molecule has 0 N–H and O–H groups in total. The summed E-state index contributed by atoms with van der Waals surface area (Å²) in [5.41, 5.74) is 17.0. The number of aromatic nitrogens is 5. The fourth-order valence-electron chi connectivity index (χ4n) is 11.2. The van der Waals surface area contributed by atoms with E-state index >= 15 is 0 Å². The Bertz CT molecular complexity index is 4340. The van der Waals surface area contributed by atoms with Crippen LogP contribution in [0.25, 0.3) is 127 Å². The van der Waals surface area contributed by atoms with E-state index < -0.39 is 0 Å². The molecule has 4 aromatic heterocycles. The van der Waals surface area contributed by atoms with Crippen molar-refractivity contribution < 1.29 is 0 Å². The number of allylic oxidation sites excluding steroid dienone is 2. The smallest absolute Gasteiger partial charge is 0.164 e. The highest BCUT2D eigenvalue weighted by molar-refractivity contribution is 7.25. The van der Waals surface area contributed by atoms with Gasteiger partial charge in [0, 0.05) is 75.4 Å². The van der Waals surface area contributed by atoms with Crippen LogP contribution in [0.2, 0.25) is 0 Å². The van der Waals surface area contributed by atoms with Crippen LogP contribution in [0.3, 0.4) is 0 Å². The fourth-order valence-corrected chi connectivity index (χ4v) is 12.2. The minimum Gasteiger partial charge on any atom is -0.309 e. The van der Waals surface area contributed by atoms with Crippen molar-refractivity contribution in [1.82, 2.24) is 24.1 Å². The third-order valence-corrected chi connectivity index (χ3v) is 15.9. The summed E-state index contributed by atoms with van der Waals surface area (Å²) < 4.78 is 7.31. The van der Waals surface area contributed by atoms with Gasteiger partial charge in [0.05, 0.1) is 22.2 Å². The molecule has 13 aromatic rings. The number of hydrogen-bond donors (Lipinski definition) is 0. The lowest BCUT2D eigenvalue weighted by Gasteiger charge is -2.24. The number of rotatable bonds is 6. The Balaban J connectivity index is 0.961. The molecule has 4 heterocycles. The van der Waals surface area contributed by atoms with Crippen LogP contribution in [0.4, 0.5) is 0 Å². The molecule has 14 rings (SSSR count). The molecule has 0 bridgehead atoms. The van der Waals surface area contributed by atoms with E-state index in [0.717, 1.165) is 39.3 Å². The van der Waals surface area contributed by atoms with Crippen molar-refractivity contribution in [3.05, 3.63) is 241 Å². The highest BCUT2D eigenvalue weighted by atomic mass is 32.1. The zero-order valence-electron chi connectivity index (χ0n) is 40.6. The second kappa shape index (κ2) is 16.8. The molecular weight excluding hydrogens is 907 g/mol. The molecule has 0 saturated heterocycles. The van der Waals surface area contributed by atoms with E-state index in [2.05, 4.69) is 224 Å². The molecule has 0 amide bonds. The van der Waals surface area contributed by atoms with Crippen molar-refractivity contribution in [3.8, 4) is 56.7 Å². The standard InChI is InChI=1S/C67H47N5S/c1-42-37-52-54-39-46(45-27-31-59-53(38-45)51-24-14-16-26-58(51)71(59)48-21-11-6-12-22-48)28-32-60(54)72(61(52)35-36-67(2,3)57-25-15-13-23-50(42)57)49-30-34-63-56(41-49)55-40-47(29-33-62(55)73-63)66-69-64(43-17-7-4-8-18-43)68-65(70-66)44-19-9-5-10-20-44/h4-41H,1-3H3/b36-35+,42-37+. The van der Waals surface area contributed by atoms with Gasteiger partial charge in [-0.2, -0.15) is 0 Å². The van der Waals surface area contributed by atoms with Gasteiger partial charge in [-0.15, -0.1) is 11.3 Å². The first kappa shape index (κ1) is 42.9. The average molecular weight is 954 g/mol. The van der Waals surface area contributed by atoms with Crippen LogP contribution >= 0.6 is 11.3 Å². The third-order valence-electron chi connectivity index (χ3n) is 14.8. The van der Waals surface area contributed by atoms with Gasteiger partial charge in [-0.05, 0) is 126 Å². The molecule has 0 atom stereocenters. The summed E-state index contributed by atoms with van der Waals surface area (Å²) >= 11 is 1.82. The van der Waals surface area contributed by atoms with Crippen LogP contribution in [-0.2, 0) is 5.41 Å². The van der Waals surface area contributed by atoms with Crippen LogP contribution in [0.5, 0.6) is 0 Å². The quantitative estimate of drug-likeness (QED) is 0.167. The third kappa shape index (κ3) is 7.16. The van der Waals surface area contributed by atoms with Crippen LogP contribution in [0.1, 0.15) is 43.2 Å². The lowest BCUT2D eigenvalue weighted by atomic mass is 9.80. The molecule has 346 valence electrons. The molecule has 0 spiro atoms. The van der Waals surface area contributed by atoms with E-state index in [4.69, 9.17) is 15.0 Å². The van der Waals surface area contributed by atoms with Crippen molar-refractivity contribution in [2.75, 3.05) is 0 Å². The van der Waals surface area contributed by atoms with Crippen LogP contribution < -0.4 is 0 Å². The normalized spacial score (nSPS) is 14.4.